The second kappa shape index (κ2) is 13.2. The van der Waals surface area contributed by atoms with Gasteiger partial charge in [-0.2, -0.15) is 0 Å². The van der Waals surface area contributed by atoms with Crippen molar-refractivity contribution >= 4 is 67.3 Å². The van der Waals surface area contributed by atoms with E-state index in [1.807, 2.05) is 35.9 Å². The Morgan fingerprint density at radius 2 is 1.95 bits per heavy atom. The Morgan fingerprint density at radius 3 is 2.67 bits per heavy atom. The van der Waals surface area contributed by atoms with Crippen LogP contribution in [0.25, 0.3) is 17.0 Å². The first kappa shape index (κ1) is 29.3. The number of carbonyl (C=O) groups is 2. The summed E-state index contributed by atoms with van der Waals surface area (Å²) in [6, 6.07) is 16.5. The molecular formula is C31H28BrN3O6S. The highest BCUT2D eigenvalue weighted by atomic mass is 79.9. The number of amides is 1. The molecule has 2 aromatic carbocycles. The number of aliphatic imine (C=N–C) groups is 1. The van der Waals surface area contributed by atoms with Crippen molar-refractivity contribution in [2.45, 2.75) is 26.9 Å². The molecule has 216 valence electrons. The monoisotopic (exact) mass is 649 g/mol. The van der Waals surface area contributed by atoms with Gasteiger partial charge in [0.25, 0.3) is 0 Å². The fourth-order valence-corrected chi connectivity index (χ4v) is 5.77. The van der Waals surface area contributed by atoms with Crippen LogP contribution in [0.5, 0.6) is 5.75 Å². The SMILES string of the molecule is CCOC(=O)C1=C(O)/C(=C/c2cn(CC(=O)NCc3ccco3)c3ccc(Br)cc23)SC1=Nc1ccc(OCC)cc1. The van der Waals surface area contributed by atoms with Crippen LogP contribution in [0.3, 0.4) is 0 Å². The van der Waals surface area contributed by atoms with Gasteiger partial charge in [-0.05, 0) is 74.5 Å². The summed E-state index contributed by atoms with van der Waals surface area (Å²) in [6.07, 6.45) is 5.19. The van der Waals surface area contributed by atoms with Crippen LogP contribution in [-0.4, -0.2) is 39.8 Å². The summed E-state index contributed by atoms with van der Waals surface area (Å²) in [5, 5.41) is 15.3. The number of hydrogen-bond acceptors (Lipinski definition) is 8. The molecule has 1 amide bonds. The largest absolute Gasteiger partial charge is 0.506 e. The molecule has 0 atom stereocenters. The summed E-state index contributed by atoms with van der Waals surface area (Å²) in [5.74, 6) is 0.319. The van der Waals surface area contributed by atoms with Crippen molar-refractivity contribution in [2.24, 2.45) is 4.99 Å². The molecule has 0 radical (unpaired) electrons. The van der Waals surface area contributed by atoms with Crippen molar-refractivity contribution in [2.75, 3.05) is 13.2 Å². The molecule has 1 aliphatic heterocycles. The number of ether oxygens (including phenoxy) is 2. The molecule has 3 heterocycles. The van der Waals surface area contributed by atoms with Gasteiger partial charge in [0.2, 0.25) is 5.91 Å². The highest BCUT2D eigenvalue weighted by Gasteiger charge is 2.33. The van der Waals surface area contributed by atoms with E-state index >= 15 is 0 Å². The molecule has 0 fully saturated rings. The maximum atomic E-state index is 12.9. The second-order valence-electron chi connectivity index (χ2n) is 9.13. The molecular weight excluding hydrogens is 622 g/mol. The van der Waals surface area contributed by atoms with Gasteiger partial charge in [-0.15, -0.1) is 0 Å². The lowest BCUT2D eigenvalue weighted by atomic mass is 10.1. The minimum absolute atomic E-state index is 0.00390. The zero-order valence-corrected chi connectivity index (χ0v) is 25.3. The maximum Gasteiger partial charge on any atom is 0.344 e. The lowest BCUT2D eigenvalue weighted by molar-refractivity contribution is -0.138. The summed E-state index contributed by atoms with van der Waals surface area (Å²) in [4.78, 5) is 30.7. The minimum Gasteiger partial charge on any atom is -0.506 e. The summed E-state index contributed by atoms with van der Waals surface area (Å²) in [7, 11) is 0. The molecule has 0 unspecified atom stereocenters. The molecule has 9 nitrogen and oxygen atoms in total. The molecule has 0 aliphatic carbocycles. The summed E-state index contributed by atoms with van der Waals surface area (Å²) < 4.78 is 18.7. The highest BCUT2D eigenvalue weighted by molar-refractivity contribution is 9.10. The van der Waals surface area contributed by atoms with Crippen molar-refractivity contribution in [3.8, 4) is 5.75 Å². The fraction of sp³-hybridized carbons (Fsp3) is 0.194. The number of benzene rings is 2. The molecule has 1 aliphatic rings. The van der Waals surface area contributed by atoms with Crippen LogP contribution < -0.4 is 10.1 Å². The number of aliphatic hydroxyl groups is 1. The van der Waals surface area contributed by atoms with Gasteiger partial charge >= 0.3 is 5.97 Å². The molecule has 2 N–H and O–H groups in total. The van der Waals surface area contributed by atoms with Crippen LogP contribution in [0.15, 0.2) is 97.2 Å². The number of thioether (sulfide) groups is 1. The van der Waals surface area contributed by atoms with Crippen molar-refractivity contribution in [3.05, 3.63) is 99.1 Å². The van der Waals surface area contributed by atoms with E-state index in [0.717, 1.165) is 20.9 Å². The average Bonchev–Trinajstić information content (AvgIpc) is 3.68. The van der Waals surface area contributed by atoms with E-state index in [2.05, 4.69) is 26.2 Å². The molecule has 0 spiro atoms. The van der Waals surface area contributed by atoms with Crippen molar-refractivity contribution < 1.29 is 28.6 Å². The number of esters is 1. The van der Waals surface area contributed by atoms with Crippen molar-refractivity contribution in [1.29, 1.82) is 0 Å². The molecule has 5 rings (SSSR count). The second-order valence-corrected chi connectivity index (χ2v) is 11.1. The van der Waals surface area contributed by atoms with Crippen LogP contribution >= 0.6 is 27.7 Å². The Bertz CT molecular complexity index is 1700. The van der Waals surface area contributed by atoms with Gasteiger partial charge in [-0.3, -0.25) is 4.79 Å². The van der Waals surface area contributed by atoms with Crippen molar-refractivity contribution in [3.63, 3.8) is 0 Å². The zero-order valence-electron chi connectivity index (χ0n) is 22.9. The molecule has 0 bridgehead atoms. The van der Waals surface area contributed by atoms with E-state index in [9.17, 15) is 14.7 Å². The highest BCUT2D eigenvalue weighted by Crippen LogP contribution is 2.41. The number of aliphatic hydroxyl groups excluding tert-OH is 1. The summed E-state index contributed by atoms with van der Waals surface area (Å²) >= 11 is 4.70. The number of furan rings is 1. The third-order valence-electron chi connectivity index (χ3n) is 6.26. The van der Waals surface area contributed by atoms with E-state index in [4.69, 9.17) is 13.9 Å². The zero-order chi connectivity index (χ0) is 29.6. The predicted molar refractivity (Wildman–Crippen MR) is 167 cm³/mol. The Balaban J connectivity index is 1.48. The molecule has 0 saturated heterocycles. The van der Waals surface area contributed by atoms with Crippen LogP contribution in [0.1, 0.15) is 25.2 Å². The number of nitrogens with one attached hydrogen (secondary N) is 1. The van der Waals surface area contributed by atoms with Gasteiger partial charge in [-0.1, -0.05) is 27.7 Å². The number of aromatic nitrogens is 1. The lowest BCUT2D eigenvalue weighted by Crippen LogP contribution is -2.26. The van der Waals surface area contributed by atoms with Crippen molar-refractivity contribution in [1.82, 2.24) is 9.88 Å². The average molecular weight is 651 g/mol. The standard InChI is InChI=1S/C31H28BrN3O6S/c1-3-39-22-10-8-21(9-11-22)34-30-28(31(38)40-4-2)29(37)26(42-30)14-19-17-35(25-12-7-20(32)15-24(19)25)18-27(36)33-16-23-6-5-13-41-23/h5-15,17,37H,3-4,16,18H2,1-2H3,(H,33,36)/b26-14-,34-30?. The Kier molecular flexibility index (Phi) is 9.19. The number of halogens is 1. The lowest BCUT2D eigenvalue weighted by Gasteiger charge is -2.06. The third-order valence-corrected chi connectivity index (χ3v) is 7.78. The smallest absolute Gasteiger partial charge is 0.344 e. The van der Waals surface area contributed by atoms with E-state index in [1.165, 1.54) is 11.8 Å². The fourth-order valence-electron chi connectivity index (χ4n) is 4.39. The summed E-state index contributed by atoms with van der Waals surface area (Å²) in [5.41, 5.74) is 2.19. The Morgan fingerprint density at radius 1 is 1.14 bits per heavy atom. The third kappa shape index (κ3) is 6.63. The summed E-state index contributed by atoms with van der Waals surface area (Å²) in [6.45, 7) is 4.67. The van der Waals surface area contributed by atoms with Gasteiger partial charge in [0.1, 0.15) is 34.4 Å². The number of nitrogens with zero attached hydrogens (tertiary/aromatic N) is 2. The van der Waals surface area contributed by atoms with Gasteiger partial charge in [0.05, 0.1) is 36.6 Å². The number of fused-ring (bicyclic) bond motifs is 1. The Hall–Kier alpha value is -4.22. The number of hydrogen-bond donors (Lipinski definition) is 2. The maximum absolute atomic E-state index is 12.9. The normalized spacial score (nSPS) is 15.1. The molecule has 42 heavy (non-hydrogen) atoms. The molecule has 11 heteroatoms. The predicted octanol–water partition coefficient (Wildman–Crippen LogP) is 6.91. The van der Waals surface area contributed by atoms with Gasteiger partial charge < -0.3 is 28.9 Å². The van der Waals surface area contributed by atoms with Gasteiger partial charge in [0.15, 0.2) is 0 Å². The van der Waals surface area contributed by atoms with E-state index in [0.29, 0.717) is 33.8 Å². The molecule has 0 saturated carbocycles. The Labute approximate surface area is 255 Å². The molecule has 2 aromatic heterocycles. The topological polar surface area (TPSA) is 115 Å². The minimum atomic E-state index is -0.658. The first-order valence-corrected chi connectivity index (χ1v) is 14.9. The first-order valence-electron chi connectivity index (χ1n) is 13.3. The first-order chi connectivity index (χ1) is 20.4. The van der Waals surface area contributed by atoms with Crippen LogP contribution in [0.4, 0.5) is 5.69 Å². The van der Waals surface area contributed by atoms with Crippen LogP contribution in [0.2, 0.25) is 0 Å². The number of rotatable bonds is 10. The van der Waals surface area contributed by atoms with E-state index in [1.54, 1.807) is 55.7 Å². The van der Waals surface area contributed by atoms with Gasteiger partial charge in [-0.25, -0.2) is 9.79 Å². The van der Waals surface area contributed by atoms with Crippen LogP contribution in [0, 0.1) is 0 Å². The van der Waals surface area contributed by atoms with Crippen LogP contribution in [-0.2, 0) is 27.4 Å². The molecule has 4 aromatic rings. The van der Waals surface area contributed by atoms with Gasteiger partial charge in [0, 0.05) is 27.1 Å². The van der Waals surface area contributed by atoms with E-state index in [-0.39, 0.29) is 36.9 Å². The van der Waals surface area contributed by atoms with E-state index < -0.39 is 5.97 Å². The number of carbonyl (C=O) groups excluding carboxylic acids is 2. The quantitative estimate of drug-likeness (QED) is 0.179.